The molecule has 2 rings (SSSR count). The van der Waals surface area contributed by atoms with Crippen molar-refractivity contribution in [1.82, 2.24) is 10.2 Å². The van der Waals surface area contributed by atoms with Crippen LogP contribution in [0.15, 0.2) is 0 Å². The summed E-state index contributed by atoms with van der Waals surface area (Å²) in [5, 5.41) is 21.7. The monoisotopic (exact) mass is 256 g/mol. The number of nitrogens with one attached hydrogen (secondary N) is 1. The topological polar surface area (TPSA) is 89.9 Å². The Bertz CT molecular complexity index is 363. The molecule has 1 aliphatic carbocycles. The summed E-state index contributed by atoms with van der Waals surface area (Å²) < 4.78 is 0. The second-order valence-electron chi connectivity index (χ2n) is 5.69. The van der Waals surface area contributed by atoms with Crippen LogP contribution in [0.25, 0.3) is 0 Å². The molecule has 0 radical (unpaired) electrons. The number of nitrogens with zero attached hydrogens (tertiary/aromatic N) is 1. The number of carboxylic acid groups (broad SMARTS) is 1. The summed E-state index contributed by atoms with van der Waals surface area (Å²) in [6.45, 7) is 2.52. The average Bonchev–Trinajstić information content (AvgIpc) is 2.21. The van der Waals surface area contributed by atoms with Crippen LogP contribution in [0.5, 0.6) is 0 Å². The van der Waals surface area contributed by atoms with Crippen LogP contribution in [0.2, 0.25) is 0 Å². The van der Waals surface area contributed by atoms with E-state index in [2.05, 4.69) is 5.32 Å². The lowest BCUT2D eigenvalue weighted by Crippen LogP contribution is -2.63. The largest absolute Gasteiger partial charge is 0.480 e. The van der Waals surface area contributed by atoms with Crippen molar-refractivity contribution in [3.05, 3.63) is 0 Å². The zero-order valence-corrected chi connectivity index (χ0v) is 10.6. The van der Waals surface area contributed by atoms with E-state index in [1.807, 2.05) is 0 Å². The molecule has 1 saturated carbocycles. The van der Waals surface area contributed by atoms with Crippen molar-refractivity contribution in [2.45, 2.75) is 50.2 Å². The first-order valence-corrected chi connectivity index (χ1v) is 6.38. The quantitative estimate of drug-likeness (QED) is 0.673. The van der Waals surface area contributed by atoms with Gasteiger partial charge in [-0.15, -0.1) is 0 Å². The maximum absolute atomic E-state index is 12.0. The van der Waals surface area contributed by atoms with Gasteiger partial charge in [-0.05, 0) is 39.0 Å². The molecule has 2 amide bonds. The molecule has 1 heterocycles. The van der Waals surface area contributed by atoms with Crippen molar-refractivity contribution >= 4 is 12.0 Å². The molecule has 1 saturated heterocycles. The van der Waals surface area contributed by atoms with E-state index in [9.17, 15) is 14.7 Å². The molecule has 3 N–H and O–H groups in total. The van der Waals surface area contributed by atoms with E-state index >= 15 is 0 Å². The zero-order valence-electron chi connectivity index (χ0n) is 10.6. The number of carboxylic acids is 1. The van der Waals surface area contributed by atoms with Gasteiger partial charge in [-0.2, -0.15) is 0 Å². The Balaban J connectivity index is 1.97. The summed E-state index contributed by atoms with van der Waals surface area (Å²) >= 11 is 0. The Morgan fingerprint density at radius 3 is 2.33 bits per heavy atom. The highest BCUT2D eigenvalue weighted by atomic mass is 16.4. The highest BCUT2D eigenvalue weighted by Crippen LogP contribution is 2.32. The third-order valence-corrected chi connectivity index (χ3v) is 3.92. The van der Waals surface area contributed by atoms with Gasteiger partial charge in [0.1, 0.15) is 5.54 Å². The van der Waals surface area contributed by atoms with Gasteiger partial charge in [0, 0.05) is 6.54 Å². The van der Waals surface area contributed by atoms with E-state index in [0.717, 1.165) is 12.8 Å². The average molecular weight is 256 g/mol. The SMILES string of the molecule is CC1(O)CCCN(C(=O)NC2(C(=O)O)CCC2)C1. The van der Waals surface area contributed by atoms with Crippen LogP contribution in [0.4, 0.5) is 4.79 Å². The fraction of sp³-hybridized carbons (Fsp3) is 0.833. The van der Waals surface area contributed by atoms with Crippen LogP contribution >= 0.6 is 0 Å². The molecule has 0 aromatic rings. The van der Waals surface area contributed by atoms with Crippen molar-refractivity contribution in [3.8, 4) is 0 Å². The molecule has 102 valence electrons. The van der Waals surface area contributed by atoms with Gasteiger partial charge in [0.25, 0.3) is 0 Å². The maximum atomic E-state index is 12.0. The van der Waals surface area contributed by atoms with Crippen LogP contribution in [-0.2, 0) is 4.79 Å². The van der Waals surface area contributed by atoms with Crippen LogP contribution in [0.3, 0.4) is 0 Å². The van der Waals surface area contributed by atoms with E-state index in [4.69, 9.17) is 5.11 Å². The van der Waals surface area contributed by atoms with Gasteiger partial charge in [0.2, 0.25) is 0 Å². The number of β-amino-alcohol motifs (C(OH)–C–C–N with tert-alkyl or cyclic N) is 1. The molecular formula is C12H20N2O4. The fourth-order valence-corrected chi connectivity index (χ4v) is 2.60. The number of carbonyl (C=O) groups excluding carboxylic acids is 1. The van der Waals surface area contributed by atoms with Crippen LogP contribution in [0, 0.1) is 0 Å². The number of piperidine rings is 1. The minimum Gasteiger partial charge on any atom is -0.480 e. The highest BCUT2D eigenvalue weighted by Gasteiger charge is 2.46. The predicted molar refractivity (Wildman–Crippen MR) is 64.2 cm³/mol. The molecule has 2 fully saturated rings. The fourth-order valence-electron chi connectivity index (χ4n) is 2.60. The van der Waals surface area contributed by atoms with Gasteiger partial charge in [0.15, 0.2) is 0 Å². The summed E-state index contributed by atoms with van der Waals surface area (Å²) in [7, 11) is 0. The number of hydrogen-bond donors (Lipinski definition) is 3. The number of carbonyl (C=O) groups is 2. The summed E-state index contributed by atoms with van der Waals surface area (Å²) in [5.41, 5.74) is -1.95. The Morgan fingerprint density at radius 1 is 1.22 bits per heavy atom. The molecular weight excluding hydrogens is 236 g/mol. The summed E-state index contributed by atoms with van der Waals surface area (Å²) in [4.78, 5) is 24.7. The number of likely N-dealkylation sites (tertiary alicyclic amines) is 1. The van der Waals surface area contributed by atoms with Crippen molar-refractivity contribution in [1.29, 1.82) is 0 Å². The Labute approximate surface area is 106 Å². The van der Waals surface area contributed by atoms with Gasteiger partial charge in [0.05, 0.1) is 12.1 Å². The van der Waals surface area contributed by atoms with Gasteiger partial charge < -0.3 is 20.4 Å². The summed E-state index contributed by atoms with van der Waals surface area (Å²) in [5.74, 6) is -0.967. The van der Waals surface area contributed by atoms with Crippen LogP contribution < -0.4 is 5.32 Å². The standard InChI is InChI=1S/C12H20N2O4/c1-11(18)4-3-7-14(8-11)10(17)13-12(9(15)16)5-2-6-12/h18H,2-8H2,1H3,(H,13,17)(H,15,16). The second-order valence-corrected chi connectivity index (χ2v) is 5.69. The number of rotatable bonds is 2. The molecule has 1 aliphatic heterocycles. The maximum Gasteiger partial charge on any atom is 0.329 e. The van der Waals surface area contributed by atoms with Gasteiger partial charge in [-0.3, -0.25) is 0 Å². The molecule has 0 spiro atoms. The zero-order chi connectivity index (χ0) is 13.4. The molecule has 18 heavy (non-hydrogen) atoms. The molecule has 0 aromatic carbocycles. The third kappa shape index (κ3) is 2.43. The first-order chi connectivity index (χ1) is 8.35. The lowest BCUT2D eigenvalue weighted by Gasteiger charge is -2.42. The Hall–Kier alpha value is -1.30. The van der Waals surface area contributed by atoms with Crippen molar-refractivity contribution in [3.63, 3.8) is 0 Å². The number of aliphatic hydroxyl groups is 1. The van der Waals surface area contributed by atoms with E-state index in [1.54, 1.807) is 6.92 Å². The van der Waals surface area contributed by atoms with Crippen LogP contribution in [0.1, 0.15) is 39.0 Å². The smallest absolute Gasteiger partial charge is 0.329 e. The summed E-state index contributed by atoms with van der Waals surface area (Å²) in [6.07, 6.45) is 3.20. The molecule has 1 unspecified atom stereocenters. The Morgan fingerprint density at radius 2 is 1.89 bits per heavy atom. The molecule has 6 nitrogen and oxygen atoms in total. The minimum absolute atomic E-state index is 0.258. The lowest BCUT2D eigenvalue weighted by molar-refractivity contribution is -0.148. The molecule has 0 bridgehead atoms. The van der Waals surface area contributed by atoms with E-state index in [1.165, 1.54) is 4.90 Å². The van der Waals surface area contributed by atoms with Crippen molar-refractivity contribution < 1.29 is 19.8 Å². The van der Waals surface area contributed by atoms with E-state index in [-0.39, 0.29) is 12.6 Å². The highest BCUT2D eigenvalue weighted by molar-refractivity contribution is 5.87. The number of hydrogen-bond acceptors (Lipinski definition) is 3. The molecule has 2 aliphatic rings. The third-order valence-electron chi connectivity index (χ3n) is 3.92. The van der Waals surface area contributed by atoms with Gasteiger partial charge in [-0.25, -0.2) is 9.59 Å². The summed E-state index contributed by atoms with van der Waals surface area (Å²) in [6, 6.07) is -0.378. The number of aliphatic carboxylic acids is 1. The van der Waals surface area contributed by atoms with E-state index in [0.29, 0.717) is 25.8 Å². The lowest BCUT2D eigenvalue weighted by atomic mass is 9.77. The molecule has 0 aromatic heterocycles. The van der Waals surface area contributed by atoms with Gasteiger partial charge in [-0.1, -0.05) is 0 Å². The van der Waals surface area contributed by atoms with E-state index < -0.39 is 17.1 Å². The minimum atomic E-state index is -1.08. The second kappa shape index (κ2) is 4.42. The molecule has 1 atom stereocenters. The first-order valence-electron chi connectivity index (χ1n) is 6.38. The first kappa shape index (κ1) is 13.1. The predicted octanol–water partition coefficient (Wildman–Crippen LogP) is 0.550. The Kier molecular flexibility index (Phi) is 3.23. The molecule has 6 heteroatoms. The normalized spacial score (nSPS) is 30.4. The van der Waals surface area contributed by atoms with Crippen molar-refractivity contribution in [2.24, 2.45) is 0 Å². The van der Waals surface area contributed by atoms with Gasteiger partial charge >= 0.3 is 12.0 Å². The number of urea groups is 1. The number of amides is 2. The van der Waals surface area contributed by atoms with Crippen LogP contribution in [-0.4, -0.2) is 51.3 Å². The van der Waals surface area contributed by atoms with Crippen molar-refractivity contribution in [2.75, 3.05) is 13.1 Å².